The molecule has 2 aromatic heterocycles. The third-order valence-electron chi connectivity index (χ3n) is 3.63. The van der Waals surface area contributed by atoms with Gasteiger partial charge >= 0.3 is 5.97 Å². The van der Waals surface area contributed by atoms with E-state index in [9.17, 15) is 9.90 Å². The van der Waals surface area contributed by atoms with Crippen LogP contribution in [0, 0.1) is 0 Å². The Hall–Kier alpha value is -1.89. The summed E-state index contributed by atoms with van der Waals surface area (Å²) >= 11 is 1.55. The molecule has 1 unspecified atom stereocenters. The lowest BCUT2D eigenvalue weighted by Crippen LogP contribution is -2.17. The van der Waals surface area contributed by atoms with Crippen LogP contribution in [-0.4, -0.2) is 25.8 Å². The predicted molar refractivity (Wildman–Crippen MR) is 81.3 cm³/mol. The van der Waals surface area contributed by atoms with Gasteiger partial charge in [-0.05, 0) is 33.1 Å². The number of carbonyl (C=O) groups is 1. The number of aryl methyl sites for hydroxylation is 1. The van der Waals surface area contributed by atoms with E-state index in [1.807, 2.05) is 10.9 Å². The number of nitrogens with one attached hydrogen (secondary N) is 1. The van der Waals surface area contributed by atoms with E-state index in [1.165, 1.54) is 0 Å². The summed E-state index contributed by atoms with van der Waals surface area (Å²) in [6.07, 6.45) is 6.20. The smallest absolute Gasteiger partial charge is 0.312 e. The molecular formula is C14H18N4O2S. The van der Waals surface area contributed by atoms with E-state index < -0.39 is 11.9 Å². The van der Waals surface area contributed by atoms with Crippen molar-refractivity contribution in [3.05, 3.63) is 23.0 Å². The van der Waals surface area contributed by atoms with Gasteiger partial charge in [0, 0.05) is 17.1 Å². The van der Waals surface area contributed by atoms with Gasteiger partial charge in [0.1, 0.15) is 5.92 Å². The van der Waals surface area contributed by atoms with Gasteiger partial charge in [-0.15, -0.1) is 11.3 Å². The molecule has 2 aromatic rings. The number of aromatic nitrogens is 3. The topological polar surface area (TPSA) is 80.0 Å². The fraction of sp³-hybridized carbons (Fsp3) is 0.500. The number of fused-ring (bicyclic) bond motifs is 1. The molecule has 112 valence electrons. The SMILES string of the molecule is CC(C)n1cc(Nc2nc3c(s2)CCCC3C(=O)O)cn1. The summed E-state index contributed by atoms with van der Waals surface area (Å²) in [7, 11) is 0. The third-order valence-corrected chi connectivity index (χ3v) is 4.68. The molecule has 1 aliphatic rings. The van der Waals surface area contributed by atoms with Crippen LogP contribution in [0.1, 0.15) is 49.2 Å². The number of hydrogen-bond donors (Lipinski definition) is 2. The molecule has 0 bridgehead atoms. The molecule has 1 aliphatic carbocycles. The molecule has 7 heteroatoms. The van der Waals surface area contributed by atoms with Crippen LogP contribution in [0.4, 0.5) is 10.8 Å². The van der Waals surface area contributed by atoms with Crippen molar-refractivity contribution in [2.45, 2.75) is 45.1 Å². The highest BCUT2D eigenvalue weighted by atomic mass is 32.1. The normalized spacial score (nSPS) is 17.8. The maximum Gasteiger partial charge on any atom is 0.312 e. The summed E-state index contributed by atoms with van der Waals surface area (Å²) in [4.78, 5) is 16.9. The summed E-state index contributed by atoms with van der Waals surface area (Å²) in [5, 5.41) is 17.5. The zero-order valence-corrected chi connectivity index (χ0v) is 12.9. The lowest BCUT2D eigenvalue weighted by molar-refractivity contribution is -0.139. The molecule has 21 heavy (non-hydrogen) atoms. The quantitative estimate of drug-likeness (QED) is 0.907. The van der Waals surface area contributed by atoms with Crippen LogP contribution in [0.5, 0.6) is 0 Å². The molecule has 6 nitrogen and oxygen atoms in total. The Labute approximate surface area is 126 Å². The molecule has 3 rings (SSSR count). The van der Waals surface area contributed by atoms with Crippen LogP contribution in [-0.2, 0) is 11.2 Å². The first-order valence-electron chi connectivity index (χ1n) is 7.08. The summed E-state index contributed by atoms with van der Waals surface area (Å²) in [5.41, 5.74) is 1.61. The number of anilines is 2. The molecule has 0 radical (unpaired) electrons. The van der Waals surface area contributed by atoms with E-state index in [2.05, 4.69) is 29.2 Å². The molecule has 0 aromatic carbocycles. The Kier molecular flexibility index (Phi) is 3.67. The fourth-order valence-electron chi connectivity index (χ4n) is 2.52. The molecule has 1 atom stereocenters. The number of hydrogen-bond acceptors (Lipinski definition) is 5. The largest absolute Gasteiger partial charge is 0.481 e. The Bertz CT molecular complexity index is 662. The fourth-order valence-corrected chi connectivity index (χ4v) is 3.61. The van der Waals surface area contributed by atoms with Crippen molar-refractivity contribution < 1.29 is 9.90 Å². The number of nitrogens with zero attached hydrogens (tertiary/aromatic N) is 3. The zero-order valence-electron chi connectivity index (χ0n) is 12.0. The second-order valence-corrected chi connectivity index (χ2v) is 6.62. The van der Waals surface area contributed by atoms with Crippen LogP contribution in [0.15, 0.2) is 12.4 Å². The number of carboxylic acids is 1. The first-order chi connectivity index (χ1) is 10.0. The molecule has 0 fully saturated rings. The standard InChI is InChI=1S/C14H18N4O2S/c1-8(2)18-7-9(6-15-18)16-14-17-12-10(13(19)20)4-3-5-11(12)21-14/h6-8,10H,3-5H2,1-2H3,(H,16,17)(H,19,20). The van der Waals surface area contributed by atoms with Crippen molar-refractivity contribution in [2.75, 3.05) is 5.32 Å². The van der Waals surface area contributed by atoms with E-state index in [0.29, 0.717) is 12.5 Å². The van der Waals surface area contributed by atoms with Gasteiger partial charge in [-0.25, -0.2) is 4.98 Å². The lowest BCUT2D eigenvalue weighted by atomic mass is 9.91. The first-order valence-corrected chi connectivity index (χ1v) is 7.90. The van der Waals surface area contributed by atoms with Crippen molar-refractivity contribution in [2.24, 2.45) is 0 Å². The lowest BCUT2D eigenvalue weighted by Gasteiger charge is -2.16. The van der Waals surface area contributed by atoms with Gasteiger partial charge < -0.3 is 10.4 Å². The molecule has 0 spiro atoms. The third kappa shape index (κ3) is 2.78. The minimum Gasteiger partial charge on any atom is -0.481 e. The van der Waals surface area contributed by atoms with Crippen molar-refractivity contribution in [3.63, 3.8) is 0 Å². The predicted octanol–water partition coefficient (Wildman–Crippen LogP) is 3.17. The summed E-state index contributed by atoms with van der Waals surface area (Å²) in [6, 6.07) is 0.307. The van der Waals surface area contributed by atoms with E-state index >= 15 is 0 Å². The van der Waals surface area contributed by atoms with Crippen molar-refractivity contribution in [3.8, 4) is 0 Å². The van der Waals surface area contributed by atoms with Crippen LogP contribution in [0.2, 0.25) is 0 Å². The van der Waals surface area contributed by atoms with E-state index in [0.717, 1.165) is 34.2 Å². The van der Waals surface area contributed by atoms with Crippen LogP contribution >= 0.6 is 11.3 Å². The highest BCUT2D eigenvalue weighted by Gasteiger charge is 2.30. The van der Waals surface area contributed by atoms with Crippen LogP contribution in [0.3, 0.4) is 0 Å². The van der Waals surface area contributed by atoms with E-state index in [1.54, 1.807) is 17.5 Å². The summed E-state index contributed by atoms with van der Waals surface area (Å²) < 4.78 is 1.87. The molecule has 2 heterocycles. The van der Waals surface area contributed by atoms with Crippen LogP contribution in [0.25, 0.3) is 0 Å². The van der Waals surface area contributed by atoms with Gasteiger partial charge in [0.15, 0.2) is 5.13 Å². The minimum absolute atomic E-state index is 0.307. The van der Waals surface area contributed by atoms with Gasteiger partial charge in [-0.2, -0.15) is 5.10 Å². The number of rotatable bonds is 4. The Balaban J connectivity index is 1.82. The molecule has 0 amide bonds. The van der Waals surface area contributed by atoms with Gasteiger partial charge in [0.05, 0.1) is 17.6 Å². The first kappa shape index (κ1) is 14.1. The summed E-state index contributed by atoms with van der Waals surface area (Å²) in [5.74, 6) is -1.24. The highest BCUT2D eigenvalue weighted by Crippen LogP contribution is 2.37. The maximum atomic E-state index is 11.3. The molecular weight excluding hydrogens is 288 g/mol. The average molecular weight is 306 g/mol. The maximum absolute atomic E-state index is 11.3. The molecule has 0 saturated carbocycles. The summed E-state index contributed by atoms with van der Waals surface area (Å²) in [6.45, 7) is 4.13. The number of aliphatic carboxylic acids is 1. The zero-order chi connectivity index (χ0) is 15.0. The molecule has 0 saturated heterocycles. The van der Waals surface area contributed by atoms with Crippen molar-refractivity contribution >= 4 is 28.1 Å². The van der Waals surface area contributed by atoms with Crippen LogP contribution < -0.4 is 5.32 Å². The Morgan fingerprint density at radius 3 is 3.05 bits per heavy atom. The number of thiazole rings is 1. The van der Waals surface area contributed by atoms with Crippen molar-refractivity contribution in [1.29, 1.82) is 0 Å². The van der Waals surface area contributed by atoms with Gasteiger partial charge in [0.25, 0.3) is 0 Å². The average Bonchev–Trinajstić information content (AvgIpc) is 3.04. The van der Waals surface area contributed by atoms with Crippen molar-refractivity contribution in [1.82, 2.24) is 14.8 Å². The van der Waals surface area contributed by atoms with E-state index in [-0.39, 0.29) is 0 Å². The monoisotopic (exact) mass is 306 g/mol. The Morgan fingerprint density at radius 2 is 2.38 bits per heavy atom. The number of carboxylic acid groups (broad SMARTS) is 1. The van der Waals surface area contributed by atoms with Gasteiger partial charge in [-0.1, -0.05) is 0 Å². The minimum atomic E-state index is -0.777. The second kappa shape index (κ2) is 5.48. The van der Waals surface area contributed by atoms with Gasteiger partial charge in [-0.3, -0.25) is 9.48 Å². The molecule has 0 aliphatic heterocycles. The Morgan fingerprint density at radius 1 is 1.57 bits per heavy atom. The van der Waals surface area contributed by atoms with Gasteiger partial charge in [0.2, 0.25) is 0 Å². The van der Waals surface area contributed by atoms with E-state index in [4.69, 9.17) is 0 Å². The second-order valence-electron chi connectivity index (χ2n) is 5.54. The highest BCUT2D eigenvalue weighted by molar-refractivity contribution is 7.15. The molecule has 2 N–H and O–H groups in total.